The Balaban J connectivity index is 1.69. The number of nitrogens with zero attached hydrogens (tertiary/aromatic N) is 4. The highest BCUT2D eigenvalue weighted by Crippen LogP contribution is 2.22. The molecule has 0 bridgehead atoms. The average Bonchev–Trinajstić information content (AvgIpc) is 2.70. The topological polar surface area (TPSA) is 73.8 Å². The number of aliphatic hydroxyl groups excluding tert-OH is 1. The molecule has 2 N–H and O–H groups in total. The van der Waals surface area contributed by atoms with Crippen LogP contribution < -0.4 is 15.0 Å². The fourth-order valence-corrected chi connectivity index (χ4v) is 3.62. The van der Waals surface area contributed by atoms with E-state index >= 15 is 0 Å². The number of hydrogen-bond acceptors (Lipinski definition) is 7. The van der Waals surface area contributed by atoms with Crippen LogP contribution in [0.3, 0.4) is 0 Å². The second kappa shape index (κ2) is 9.71. The molecule has 2 heterocycles. The lowest BCUT2D eigenvalue weighted by molar-refractivity contribution is 0.135. The van der Waals surface area contributed by atoms with Crippen LogP contribution in [0.1, 0.15) is 24.6 Å². The minimum Gasteiger partial charge on any atom is -0.494 e. The van der Waals surface area contributed by atoms with E-state index in [4.69, 9.17) is 4.74 Å². The van der Waals surface area contributed by atoms with Gasteiger partial charge in [-0.25, -0.2) is 4.98 Å². The first-order chi connectivity index (χ1) is 13.6. The van der Waals surface area contributed by atoms with Crippen LogP contribution >= 0.6 is 0 Å². The Bertz CT molecular complexity index is 753. The van der Waals surface area contributed by atoms with E-state index in [1.54, 1.807) is 0 Å². The smallest absolute Gasteiger partial charge is 0.227 e. The number of piperazine rings is 1. The number of aromatic nitrogens is 2. The Morgan fingerprint density at radius 3 is 2.68 bits per heavy atom. The van der Waals surface area contributed by atoms with Gasteiger partial charge in [0, 0.05) is 57.6 Å². The van der Waals surface area contributed by atoms with Crippen LogP contribution in [0.4, 0.5) is 11.8 Å². The molecule has 1 saturated heterocycles. The van der Waals surface area contributed by atoms with Gasteiger partial charge in [0.1, 0.15) is 11.6 Å². The number of benzene rings is 1. The summed E-state index contributed by atoms with van der Waals surface area (Å²) in [5.41, 5.74) is 2.20. The number of ether oxygens (including phenoxy) is 1. The van der Waals surface area contributed by atoms with Crippen LogP contribution in [-0.2, 0) is 6.54 Å². The molecular formula is C21H31N5O2. The minimum atomic E-state index is 0.175. The van der Waals surface area contributed by atoms with Crippen LogP contribution in [0.5, 0.6) is 5.75 Å². The summed E-state index contributed by atoms with van der Waals surface area (Å²) >= 11 is 0. The van der Waals surface area contributed by atoms with E-state index in [1.165, 1.54) is 5.56 Å². The molecule has 0 saturated carbocycles. The third-order valence-corrected chi connectivity index (χ3v) is 5.07. The molecule has 28 heavy (non-hydrogen) atoms. The van der Waals surface area contributed by atoms with Crippen LogP contribution in [-0.4, -0.2) is 65.9 Å². The van der Waals surface area contributed by atoms with Crippen molar-refractivity contribution in [3.05, 3.63) is 41.6 Å². The van der Waals surface area contributed by atoms with Crippen LogP contribution in [0, 0.1) is 6.92 Å². The van der Waals surface area contributed by atoms with Crippen LogP contribution in [0.25, 0.3) is 0 Å². The predicted octanol–water partition coefficient (Wildman–Crippen LogP) is 2.30. The van der Waals surface area contributed by atoms with E-state index in [-0.39, 0.29) is 12.6 Å². The maximum Gasteiger partial charge on any atom is 0.227 e. The van der Waals surface area contributed by atoms with Gasteiger partial charge in [-0.05, 0) is 38.0 Å². The third kappa shape index (κ3) is 5.11. The molecule has 0 radical (unpaired) electrons. The average molecular weight is 386 g/mol. The molecule has 3 rings (SSSR count). The summed E-state index contributed by atoms with van der Waals surface area (Å²) in [7, 11) is 1.87. The second-order valence-corrected chi connectivity index (χ2v) is 7.10. The van der Waals surface area contributed by atoms with Gasteiger partial charge in [-0.1, -0.05) is 12.1 Å². The molecule has 1 fully saturated rings. The van der Waals surface area contributed by atoms with Crippen LogP contribution in [0.15, 0.2) is 30.3 Å². The maximum atomic E-state index is 9.58. The molecule has 0 aliphatic carbocycles. The molecule has 2 aromatic rings. The number of aliphatic hydroxyl groups is 1. The van der Waals surface area contributed by atoms with E-state index in [9.17, 15) is 5.11 Å². The van der Waals surface area contributed by atoms with Crippen molar-refractivity contribution < 1.29 is 9.84 Å². The number of nitrogens with one attached hydrogen (secondary N) is 1. The molecule has 1 aromatic heterocycles. The second-order valence-electron chi connectivity index (χ2n) is 7.10. The van der Waals surface area contributed by atoms with Gasteiger partial charge in [-0.2, -0.15) is 4.98 Å². The number of aryl methyl sites for hydroxylation is 1. The third-order valence-electron chi connectivity index (χ3n) is 5.07. The number of hydrogen-bond donors (Lipinski definition) is 2. The Kier molecular flexibility index (Phi) is 7.06. The van der Waals surface area contributed by atoms with Crippen LogP contribution in [0.2, 0.25) is 0 Å². The van der Waals surface area contributed by atoms with Crippen molar-refractivity contribution in [2.75, 3.05) is 50.1 Å². The number of rotatable bonds is 8. The van der Waals surface area contributed by atoms with Crippen molar-refractivity contribution in [3.63, 3.8) is 0 Å². The Morgan fingerprint density at radius 2 is 2.00 bits per heavy atom. The largest absolute Gasteiger partial charge is 0.494 e. The summed E-state index contributed by atoms with van der Waals surface area (Å²) in [5, 5.41) is 12.7. The normalized spacial score (nSPS) is 17.6. The van der Waals surface area contributed by atoms with Gasteiger partial charge in [-0.15, -0.1) is 0 Å². The quantitative estimate of drug-likeness (QED) is 0.722. The van der Waals surface area contributed by atoms with Crippen molar-refractivity contribution in [3.8, 4) is 5.75 Å². The zero-order chi connectivity index (χ0) is 19.9. The van der Waals surface area contributed by atoms with Gasteiger partial charge in [0.15, 0.2) is 0 Å². The summed E-state index contributed by atoms with van der Waals surface area (Å²) in [6.45, 7) is 8.27. The summed E-state index contributed by atoms with van der Waals surface area (Å²) in [4.78, 5) is 13.9. The molecule has 7 nitrogen and oxygen atoms in total. The lowest BCUT2D eigenvalue weighted by atomic mass is 10.1. The molecule has 1 aliphatic heterocycles. The van der Waals surface area contributed by atoms with Gasteiger partial charge in [0.05, 0.1) is 6.61 Å². The fraction of sp³-hybridized carbons (Fsp3) is 0.524. The first-order valence-corrected chi connectivity index (χ1v) is 9.98. The molecule has 1 aromatic carbocycles. The molecule has 1 atom stereocenters. The first kappa shape index (κ1) is 20.4. The molecule has 152 valence electrons. The minimum absolute atomic E-state index is 0.175. The van der Waals surface area contributed by atoms with E-state index in [0.717, 1.165) is 55.8 Å². The lowest BCUT2D eigenvalue weighted by Gasteiger charge is -2.41. The maximum absolute atomic E-state index is 9.58. The van der Waals surface area contributed by atoms with Crippen molar-refractivity contribution in [2.45, 2.75) is 32.9 Å². The van der Waals surface area contributed by atoms with Crippen molar-refractivity contribution in [1.29, 1.82) is 0 Å². The Morgan fingerprint density at radius 1 is 1.21 bits per heavy atom. The van der Waals surface area contributed by atoms with E-state index in [0.29, 0.717) is 6.61 Å². The van der Waals surface area contributed by atoms with Gasteiger partial charge in [0.2, 0.25) is 5.95 Å². The monoisotopic (exact) mass is 385 g/mol. The highest BCUT2D eigenvalue weighted by atomic mass is 16.5. The standard InChI is InChI=1S/C21H31N5O2/c1-4-28-19-7-5-17(6-8-19)14-25-10-11-26(15-18(25)9-12-27)21-23-16(2)13-20(22-3)24-21/h5-8,13,18,27H,4,9-12,14-15H2,1-3H3,(H,22,23,24)/t18-/m0/s1. The molecule has 0 spiro atoms. The lowest BCUT2D eigenvalue weighted by Crippen LogP contribution is -2.53. The van der Waals surface area contributed by atoms with Gasteiger partial charge in [0.25, 0.3) is 0 Å². The molecule has 0 unspecified atom stereocenters. The van der Waals surface area contributed by atoms with Crippen molar-refractivity contribution in [1.82, 2.24) is 14.9 Å². The van der Waals surface area contributed by atoms with Crippen molar-refractivity contribution in [2.24, 2.45) is 0 Å². The zero-order valence-electron chi connectivity index (χ0n) is 17.1. The zero-order valence-corrected chi connectivity index (χ0v) is 17.1. The van der Waals surface area contributed by atoms with Gasteiger partial charge < -0.3 is 20.1 Å². The fourth-order valence-electron chi connectivity index (χ4n) is 3.62. The molecular weight excluding hydrogens is 354 g/mol. The van der Waals surface area contributed by atoms with Gasteiger partial charge >= 0.3 is 0 Å². The summed E-state index contributed by atoms with van der Waals surface area (Å²) in [6.07, 6.45) is 0.734. The Labute approximate surface area is 167 Å². The van der Waals surface area contributed by atoms with E-state index in [1.807, 2.05) is 39.1 Å². The summed E-state index contributed by atoms with van der Waals surface area (Å²) in [5.74, 6) is 2.49. The SMILES string of the molecule is CCOc1ccc(CN2CCN(c3nc(C)cc(NC)n3)C[C@@H]2CCO)cc1. The van der Waals surface area contributed by atoms with E-state index in [2.05, 4.69) is 37.2 Å². The van der Waals surface area contributed by atoms with Crippen molar-refractivity contribution >= 4 is 11.8 Å². The van der Waals surface area contributed by atoms with E-state index < -0.39 is 0 Å². The number of anilines is 2. The highest BCUT2D eigenvalue weighted by molar-refractivity contribution is 5.43. The molecule has 7 heteroatoms. The first-order valence-electron chi connectivity index (χ1n) is 9.98. The highest BCUT2D eigenvalue weighted by Gasteiger charge is 2.28. The molecule has 0 amide bonds. The van der Waals surface area contributed by atoms with Gasteiger partial charge in [-0.3, -0.25) is 4.90 Å². The molecule has 1 aliphatic rings. The Hall–Kier alpha value is -2.38. The predicted molar refractivity (Wildman–Crippen MR) is 112 cm³/mol. The summed E-state index contributed by atoms with van der Waals surface area (Å²) < 4.78 is 5.53. The summed E-state index contributed by atoms with van der Waals surface area (Å²) in [6, 6.07) is 10.5.